The van der Waals surface area contributed by atoms with Crippen LogP contribution >= 0.6 is 11.6 Å². The summed E-state index contributed by atoms with van der Waals surface area (Å²) in [4.78, 5) is 0.0916. The van der Waals surface area contributed by atoms with E-state index in [1.165, 1.54) is 6.07 Å². The summed E-state index contributed by atoms with van der Waals surface area (Å²) in [6.07, 6.45) is 0. The van der Waals surface area contributed by atoms with E-state index < -0.39 is 10.0 Å². The molecule has 1 unspecified atom stereocenters. The highest BCUT2D eigenvalue weighted by Gasteiger charge is 2.12. The maximum absolute atomic E-state index is 11.4. The highest BCUT2D eigenvalue weighted by molar-refractivity contribution is 7.89. The van der Waals surface area contributed by atoms with Crippen LogP contribution in [0, 0.1) is 6.92 Å². The molecule has 0 heterocycles. The molecule has 112 valence electrons. The van der Waals surface area contributed by atoms with Gasteiger partial charge in [0.05, 0.1) is 4.90 Å². The molecule has 0 bridgehead atoms. The Bertz CT molecular complexity index is 760. The number of hydrogen-bond acceptors (Lipinski definition) is 3. The van der Waals surface area contributed by atoms with Crippen LogP contribution in [0.25, 0.3) is 0 Å². The molecule has 1 atom stereocenters. The van der Waals surface area contributed by atoms with Crippen molar-refractivity contribution < 1.29 is 8.42 Å². The van der Waals surface area contributed by atoms with Gasteiger partial charge in [-0.05, 0) is 49.2 Å². The normalized spacial score (nSPS) is 13.0. The van der Waals surface area contributed by atoms with Gasteiger partial charge in [-0.2, -0.15) is 0 Å². The molecule has 2 aromatic carbocycles. The fourth-order valence-corrected chi connectivity index (χ4v) is 2.76. The Morgan fingerprint density at radius 3 is 2.52 bits per heavy atom. The zero-order valence-corrected chi connectivity index (χ0v) is 13.4. The van der Waals surface area contributed by atoms with E-state index in [9.17, 15) is 8.42 Å². The summed E-state index contributed by atoms with van der Waals surface area (Å²) in [6, 6.07) is 12.3. The first kappa shape index (κ1) is 15.8. The van der Waals surface area contributed by atoms with Crippen LogP contribution in [0.5, 0.6) is 0 Å². The summed E-state index contributed by atoms with van der Waals surface area (Å²) in [5.41, 5.74) is 2.69. The van der Waals surface area contributed by atoms with E-state index in [-0.39, 0.29) is 10.9 Å². The average molecular weight is 325 g/mol. The minimum Gasteiger partial charge on any atom is -0.378 e. The SMILES string of the molecule is Cc1ccc(S(N)(=O)=O)cc1NC(C)c1cccc(Cl)c1. The summed E-state index contributed by atoms with van der Waals surface area (Å²) < 4.78 is 22.9. The third kappa shape index (κ3) is 3.97. The lowest BCUT2D eigenvalue weighted by molar-refractivity contribution is 0.598. The van der Waals surface area contributed by atoms with Gasteiger partial charge in [0.1, 0.15) is 0 Å². The Labute approximate surface area is 130 Å². The second-order valence-corrected chi connectivity index (χ2v) is 6.94. The van der Waals surface area contributed by atoms with Crippen molar-refractivity contribution in [1.29, 1.82) is 0 Å². The molecule has 0 radical (unpaired) electrons. The first-order valence-electron chi connectivity index (χ1n) is 6.43. The van der Waals surface area contributed by atoms with Crippen LogP contribution in [0.2, 0.25) is 5.02 Å². The van der Waals surface area contributed by atoms with Crippen LogP contribution in [0.15, 0.2) is 47.4 Å². The van der Waals surface area contributed by atoms with Crippen LogP contribution in [-0.4, -0.2) is 8.42 Å². The summed E-state index contributed by atoms with van der Waals surface area (Å²) in [5, 5.41) is 9.12. The van der Waals surface area contributed by atoms with Gasteiger partial charge in [-0.1, -0.05) is 29.8 Å². The van der Waals surface area contributed by atoms with Gasteiger partial charge in [0.25, 0.3) is 0 Å². The molecule has 6 heteroatoms. The summed E-state index contributed by atoms with van der Waals surface area (Å²) in [7, 11) is -3.71. The predicted octanol–water partition coefficient (Wildman–Crippen LogP) is 3.47. The maximum atomic E-state index is 11.4. The first-order chi connectivity index (χ1) is 9.77. The van der Waals surface area contributed by atoms with Gasteiger partial charge < -0.3 is 5.32 Å². The van der Waals surface area contributed by atoms with Crippen molar-refractivity contribution in [2.24, 2.45) is 5.14 Å². The molecular formula is C15H17ClN2O2S. The predicted molar refractivity (Wildman–Crippen MR) is 86.0 cm³/mol. The van der Waals surface area contributed by atoms with Crippen LogP contribution in [0.4, 0.5) is 5.69 Å². The van der Waals surface area contributed by atoms with E-state index in [0.717, 1.165) is 16.8 Å². The molecule has 0 amide bonds. The summed E-state index contributed by atoms with van der Waals surface area (Å²) >= 11 is 5.98. The Morgan fingerprint density at radius 2 is 1.90 bits per heavy atom. The number of nitrogens with two attached hydrogens (primary N) is 1. The fourth-order valence-electron chi connectivity index (χ4n) is 2.03. The molecule has 0 fully saturated rings. The topological polar surface area (TPSA) is 72.2 Å². The second kappa shape index (κ2) is 6.05. The second-order valence-electron chi connectivity index (χ2n) is 4.94. The van der Waals surface area contributed by atoms with Crippen molar-refractivity contribution in [3.63, 3.8) is 0 Å². The highest BCUT2D eigenvalue weighted by Crippen LogP contribution is 2.25. The Morgan fingerprint density at radius 1 is 1.19 bits per heavy atom. The van der Waals surface area contributed by atoms with Crippen LogP contribution in [0.1, 0.15) is 24.1 Å². The van der Waals surface area contributed by atoms with E-state index in [2.05, 4.69) is 5.32 Å². The van der Waals surface area contributed by atoms with Gasteiger partial charge in [0.2, 0.25) is 10.0 Å². The van der Waals surface area contributed by atoms with Crippen LogP contribution in [0.3, 0.4) is 0 Å². The number of anilines is 1. The lowest BCUT2D eigenvalue weighted by Crippen LogP contribution is -2.13. The molecule has 0 spiro atoms. The van der Waals surface area contributed by atoms with E-state index in [0.29, 0.717) is 5.02 Å². The fraction of sp³-hybridized carbons (Fsp3) is 0.200. The lowest BCUT2D eigenvalue weighted by Gasteiger charge is -2.18. The molecule has 0 aliphatic heterocycles. The van der Waals surface area contributed by atoms with Gasteiger partial charge >= 0.3 is 0 Å². The number of primary sulfonamides is 1. The van der Waals surface area contributed by atoms with Crippen molar-refractivity contribution in [3.05, 3.63) is 58.6 Å². The van der Waals surface area contributed by atoms with Gasteiger partial charge in [-0.25, -0.2) is 13.6 Å². The van der Waals surface area contributed by atoms with Crippen molar-refractivity contribution in [3.8, 4) is 0 Å². The number of benzene rings is 2. The van der Waals surface area contributed by atoms with Crippen molar-refractivity contribution >= 4 is 27.3 Å². The standard InChI is InChI=1S/C15H17ClN2O2S/c1-10-6-7-14(21(17,19)20)9-15(10)18-11(2)12-4-3-5-13(16)8-12/h3-9,11,18H,1-2H3,(H2,17,19,20). The van der Waals surface area contributed by atoms with Gasteiger partial charge in [0.15, 0.2) is 0 Å². The lowest BCUT2D eigenvalue weighted by atomic mass is 10.1. The van der Waals surface area contributed by atoms with Crippen molar-refractivity contribution in [1.82, 2.24) is 0 Å². The van der Waals surface area contributed by atoms with Gasteiger partial charge in [-0.15, -0.1) is 0 Å². The number of rotatable bonds is 4. The van der Waals surface area contributed by atoms with E-state index in [1.807, 2.05) is 38.1 Å². The minimum absolute atomic E-state index is 0.0156. The van der Waals surface area contributed by atoms with Crippen molar-refractivity contribution in [2.45, 2.75) is 24.8 Å². The molecule has 0 aliphatic rings. The summed E-state index contributed by atoms with van der Waals surface area (Å²) in [5.74, 6) is 0. The zero-order valence-electron chi connectivity index (χ0n) is 11.8. The molecular weight excluding hydrogens is 308 g/mol. The molecule has 0 aliphatic carbocycles. The zero-order chi connectivity index (χ0) is 15.6. The van der Waals surface area contributed by atoms with E-state index in [1.54, 1.807) is 12.1 Å². The van der Waals surface area contributed by atoms with Crippen LogP contribution < -0.4 is 10.5 Å². The first-order valence-corrected chi connectivity index (χ1v) is 8.35. The van der Waals surface area contributed by atoms with E-state index >= 15 is 0 Å². The Hall–Kier alpha value is -1.56. The molecule has 4 nitrogen and oxygen atoms in total. The van der Waals surface area contributed by atoms with Crippen LogP contribution in [-0.2, 0) is 10.0 Å². The smallest absolute Gasteiger partial charge is 0.238 e. The largest absolute Gasteiger partial charge is 0.378 e. The Kier molecular flexibility index (Phi) is 4.56. The number of halogens is 1. The minimum atomic E-state index is -3.71. The quantitative estimate of drug-likeness (QED) is 0.904. The van der Waals surface area contributed by atoms with E-state index in [4.69, 9.17) is 16.7 Å². The molecule has 0 saturated heterocycles. The monoisotopic (exact) mass is 324 g/mol. The molecule has 3 N–H and O–H groups in total. The molecule has 2 aromatic rings. The number of sulfonamides is 1. The molecule has 2 rings (SSSR count). The van der Waals surface area contributed by atoms with Gasteiger partial charge in [0, 0.05) is 16.8 Å². The molecule has 21 heavy (non-hydrogen) atoms. The molecule has 0 aromatic heterocycles. The summed E-state index contributed by atoms with van der Waals surface area (Å²) in [6.45, 7) is 3.88. The van der Waals surface area contributed by atoms with Crippen molar-refractivity contribution in [2.75, 3.05) is 5.32 Å². The number of nitrogens with one attached hydrogen (secondary N) is 1. The Balaban J connectivity index is 2.31. The average Bonchev–Trinajstić information content (AvgIpc) is 2.40. The third-order valence-corrected chi connectivity index (χ3v) is 4.40. The third-order valence-electron chi connectivity index (χ3n) is 3.26. The number of hydrogen-bond donors (Lipinski definition) is 2. The number of aryl methyl sites for hydroxylation is 1. The molecule has 0 saturated carbocycles. The highest BCUT2D eigenvalue weighted by atomic mass is 35.5. The maximum Gasteiger partial charge on any atom is 0.238 e. The van der Waals surface area contributed by atoms with Gasteiger partial charge in [-0.3, -0.25) is 0 Å².